The number of aryl methyl sites for hydroxylation is 2. The zero-order valence-electron chi connectivity index (χ0n) is 13.5. The summed E-state index contributed by atoms with van der Waals surface area (Å²) in [6.45, 7) is 3.79. The molecule has 23 heavy (non-hydrogen) atoms. The van der Waals surface area contributed by atoms with E-state index in [1.807, 2.05) is 30.3 Å². The van der Waals surface area contributed by atoms with Gasteiger partial charge in [0.05, 0.1) is 17.6 Å². The number of nitrogens with two attached hydrogens (primary N) is 1. The second-order valence-electron chi connectivity index (χ2n) is 5.69. The predicted molar refractivity (Wildman–Crippen MR) is 94.7 cm³/mol. The SMILES string of the molecule is CCCc1nc2ccccc2n1CCCOc1ccc(N)cc1. The molecule has 0 aliphatic carbocycles. The summed E-state index contributed by atoms with van der Waals surface area (Å²) in [4.78, 5) is 4.76. The van der Waals surface area contributed by atoms with E-state index in [1.165, 1.54) is 11.3 Å². The van der Waals surface area contributed by atoms with Gasteiger partial charge >= 0.3 is 0 Å². The minimum atomic E-state index is 0.683. The molecule has 3 aromatic rings. The number of aromatic nitrogens is 2. The van der Waals surface area contributed by atoms with Gasteiger partial charge in [0.25, 0.3) is 0 Å². The predicted octanol–water partition coefficient (Wildman–Crippen LogP) is 4.04. The van der Waals surface area contributed by atoms with Gasteiger partial charge in [-0.2, -0.15) is 0 Å². The van der Waals surface area contributed by atoms with E-state index >= 15 is 0 Å². The Hall–Kier alpha value is -2.49. The second-order valence-corrected chi connectivity index (χ2v) is 5.69. The lowest BCUT2D eigenvalue weighted by atomic mass is 10.3. The molecular weight excluding hydrogens is 286 g/mol. The number of fused-ring (bicyclic) bond motifs is 1. The first-order chi connectivity index (χ1) is 11.3. The summed E-state index contributed by atoms with van der Waals surface area (Å²) in [5.41, 5.74) is 8.72. The van der Waals surface area contributed by atoms with Crippen molar-refractivity contribution in [1.29, 1.82) is 0 Å². The molecular formula is C19H23N3O. The maximum atomic E-state index is 5.78. The van der Waals surface area contributed by atoms with Crippen LogP contribution in [0.1, 0.15) is 25.6 Å². The number of nitrogen functional groups attached to an aromatic ring is 1. The number of rotatable bonds is 7. The van der Waals surface area contributed by atoms with Crippen LogP contribution in [0.5, 0.6) is 5.75 Å². The van der Waals surface area contributed by atoms with Crippen molar-refractivity contribution in [2.45, 2.75) is 32.7 Å². The lowest BCUT2D eigenvalue weighted by Crippen LogP contribution is -2.08. The van der Waals surface area contributed by atoms with Gasteiger partial charge in [-0.3, -0.25) is 0 Å². The zero-order valence-corrected chi connectivity index (χ0v) is 13.5. The van der Waals surface area contributed by atoms with Gasteiger partial charge in [0, 0.05) is 18.7 Å². The molecule has 2 aromatic carbocycles. The summed E-state index contributed by atoms with van der Waals surface area (Å²) in [5, 5.41) is 0. The number of nitrogens with zero attached hydrogens (tertiary/aromatic N) is 2. The molecule has 0 saturated heterocycles. The number of benzene rings is 2. The van der Waals surface area contributed by atoms with Crippen molar-refractivity contribution >= 4 is 16.7 Å². The molecule has 0 unspecified atom stereocenters. The van der Waals surface area contributed by atoms with Crippen LogP contribution in [-0.2, 0) is 13.0 Å². The molecule has 4 heteroatoms. The van der Waals surface area contributed by atoms with Crippen LogP contribution in [0.4, 0.5) is 5.69 Å². The highest BCUT2D eigenvalue weighted by Crippen LogP contribution is 2.18. The number of para-hydroxylation sites is 2. The first kappa shape index (κ1) is 15.4. The van der Waals surface area contributed by atoms with E-state index in [0.29, 0.717) is 6.61 Å². The highest BCUT2D eigenvalue weighted by atomic mass is 16.5. The van der Waals surface area contributed by atoms with Gasteiger partial charge in [-0.1, -0.05) is 19.1 Å². The summed E-state index contributed by atoms with van der Waals surface area (Å²) in [6.07, 6.45) is 3.06. The molecule has 0 atom stereocenters. The van der Waals surface area contributed by atoms with Gasteiger partial charge in [-0.25, -0.2) is 4.98 Å². The van der Waals surface area contributed by atoms with Crippen molar-refractivity contribution in [3.63, 3.8) is 0 Å². The van der Waals surface area contributed by atoms with Crippen LogP contribution >= 0.6 is 0 Å². The van der Waals surface area contributed by atoms with Gasteiger partial charge in [0.1, 0.15) is 11.6 Å². The molecule has 0 aliphatic rings. The van der Waals surface area contributed by atoms with E-state index in [9.17, 15) is 0 Å². The highest BCUT2D eigenvalue weighted by Gasteiger charge is 2.09. The topological polar surface area (TPSA) is 53.1 Å². The largest absolute Gasteiger partial charge is 0.494 e. The summed E-state index contributed by atoms with van der Waals surface area (Å²) in [6, 6.07) is 15.9. The number of anilines is 1. The summed E-state index contributed by atoms with van der Waals surface area (Å²) in [5.74, 6) is 2.03. The van der Waals surface area contributed by atoms with Crippen molar-refractivity contribution in [2.75, 3.05) is 12.3 Å². The third kappa shape index (κ3) is 3.65. The van der Waals surface area contributed by atoms with Crippen LogP contribution in [0.15, 0.2) is 48.5 Å². The number of ether oxygens (including phenoxy) is 1. The molecule has 120 valence electrons. The van der Waals surface area contributed by atoms with E-state index in [-0.39, 0.29) is 0 Å². The van der Waals surface area contributed by atoms with Crippen molar-refractivity contribution < 1.29 is 4.74 Å². The van der Waals surface area contributed by atoms with Gasteiger partial charge in [0.2, 0.25) is 0 Å². The highest BCUT2D eigenvalue weighted by molar-refractivity contribution is 5.75. The quantitative estimate of drug-likeness (QED) is 0.529. The van der Waals surface area contributed by atoms with Gasteiger partial charge < -0.3 is 15.0 Å². The fourth-order valence-corrected chi connectivity index (χ4v) is 2.77. The van der Waals surface area contributed by atoms with Crippen molar-refractivity contribution in [3.8, 4) is 5.75 Å². The van der Waals surface area contributed by atoms with Crippen LogP contribution in [0.25, 0.3) is 11.0 Å². The third-order valence-electron chi connectivity index (χ3n) is 3.88. The Balaban J connectivity index is 1.64. The molecule has 0 radical (unpaired) electrons. The standard InChI is InChI=1S/C19H23N3O/c1-2-6-19-21-17-7-3-4-8-18(17)22(19)13-5-14-23-16-11-9-15(20)10-12-16/h3-4,7-12H,2,5-6,13-14,20H2,1H3. The summed E-state index contributed by atoms with van der Waals surface area (Å²) in [7, 11) is 0. The first-order valence-electron chi connectivity index (χ1n) is 8.20. The number of hydrogen-bond acceptors (Lipinski definition) is 3. The fraction of sp³-hybridized carbons (Fsp3) is 0.316. The molecule has 2 N–H and O–H groups in total. The Morgan fingerprint density at radius 3 is 2.65 bits per heavy atom. The molecule has 0 spiro atoms. The number of hydrogen-bond donors (Lipinski definition) is 1. The van der Waals surface area contributed by atoms with Crippen LogP contribution in [-0.4, -0.2) is 16.2 Å². The van der Waals surface area contributed by atoms with Crippen LogP contribution in [0.3, 0.4) is 0 Å². The molecule has 0 amide bonds. The minimum Gasteiger partial charge on any atom is -0.494 e. The van der Waals surface area contributed by atoms with Crippen LogP contribution < -0.4 is 10.5 Å². The van der Waals surface area contributed by atoms with Crippen molar-refractivity contribution in [2.24, 2.45) is 0 Å². The van der Waals surface area contributed by atoms with Crippen LogP contribution in [0.2, 0.25) is 0 Å². The van der Waals surface area contributed by atoms with Crippen LogP contribution in [0, 0.1) is 0 Å². The first-order valence-corrected chi connectivity index (χ1v) is 8.20. The molecule has 1 heterocycles. The van der Waals surface area contributed by atoms with E-state index in [1.54, 1.807) is 0 Å². The zero-order chi connectivity index (χ0) is 16.1. The molecule has 4 nitrogen and oxygen atoms in total. The molecule has 0 aliphatic heterocycles. The number of imidazole rings is 1. The third-order valence-corrected chi connectivity index (χ3v) is 3.88. The maximum absolute atomic E-state index is 5.78. The average Bonchev–Trinajstić information content (AvgIpc) is 2.91. The van der Waals surface area contributed by atoms with Gasteiger partial charge in [-0.05, 0) is 49.2 Å². The fourth-order valence-electron chi connectivity index (χ4n) is 2.77. The Labute approximate surface area is 136 Å². The smallest absolute Gasteiger partial charge is 0.119 e. The van der Waals surface area contributed by atoms with Gasteiger partial charge in [0.15, 0.2) is 0 Å². The molecule has 0 fully saturated rings. The Morgan fingerprint density at radius 2 is 1.87 bits per heavy atom. The second kappa shape index (κ2) is 7.18. The van der Waals surface area contributed by atoms with Gasteiger partial charge in [-0.15, -0.1) is 0 Å². The van der Waals surface area contributed by atoms with E-state index in [4.69, 9.17) is 15.5 Å². The Kier molecular flexibility index (Phi) is 4.81. The summed E-state index contributed by atoms with van der Waals surface area (Å²) < 4.78 is 8.11. The summed E-state index contributed by atoms with van der Waals surface area (Å²) >= 11 is 0. The Morgan fingerprint density at radius 1 is 1.09 bits per heavy atom. The van der Waals surface area contributed by atoms with E-state index < -0.39 is 0 Å². The van der Waals surface area contributed by atoms with E-state index in [0.717, 1.165) is 42.8 Å². The van der Waals surface area contributed by atoms with E-state index in [2.05, 4.69) is 29.7 Å². The molecule has 1 aromatic heterocycles. The average molecular weight is 309 g/mol. The lowest BCUT2D eigenvalue weighted by Gasteiger charge is -2.10. The van der Waals surface area contributed by atoms with Crippen molar-refractivity contribution in [1.82, 2.24) is 9.55 Å². The monoisotopic (exact) mass is 309 g/mol. The normalized spacial score (nSPS) is 11.0. The lowest BCUT2D eigenvalue weighted by molar-refractivity contribution is 0.302. The Bertz CT molecular complexity index is 762. The molecule has 0 saturated carbocycles. The molecule has 3 rings (SSSR count). The van der Waals surface area contributed by atoms with Crippen molar-refractivity contribution in [3.05, 3.63) is 54.4 Å². The minimum absolute atomic E-state index is 0.683. The molecule has 0 bridgehead atoms. The maximum Gasteiger partial charge on any atom is 0.119 e.